The summed E-state index contributed by atoms with van der Waals surface area (Å²) >= 11 is 11.9. The number of halogens is 2. The van der Waals surface area contributed by atoms with Crippen LogP contribution in [0, 0.1) is 5.92 Å². The largest absolute Gasteiger partial charge is 0.381 e. The van der Waals surface area contributed by atoms with E-state index < -0.39 is 0 Å². The van der Waals surface area contributed by atoms with Gasteiger partial charge in [0.15, 0.2) is 0 Å². The van der Waals surface area contributed by atoms with Crippen LogP contribution in [0.15, 0.2) is 12.3 Å². The van der Waals surface area contributed by atoms with Crippen LogP contribution in [0.25, 0.3) is 0 Å². The maximum Gasteiger partial charge on any atom is 0.0761 e. The van der Waals surface area contributed by atoms with Gasteiger partial charge in [-0.25, -0.2) is 0 Å². The summed E-state index contributed by atoms with van der Waals surface area (Å²) in [6.45, 7) is 1.51. The summed E-state index contributed by atoms with van der Waals surface area (Å²) in [7, 11) is 0. The van der Waals surface area contributed by atoms with Crippen LogP contribution in [-0.4, -0.2) is 18.2 Å². The average Bonchev–Trinajstić information content (AvgIpc) is 2.29. The molecule has 0 saturated carbocycles. The Morgan fingerprint density at radius 2 is 2.31 bits per heavy atom. The molecule has 3 nitrogen and oxygen atoms in total. The van der Waals surface area contributed by atoms with Crippen LogP contribution in [0.3, 0.4) is 0 Å². The molecule has 5 heteroatoms. The van der Waals surface area contributed by atoms with Crippen LogP contribution in [0.4, 0.5) is 0 Å². The molecule has 0 spiro atoms. The minimum atomic E-state index is -0.176. The fourth-order valence-corrected chi connectivity index (χ4v) is 2.45. The van der Waals surface area contributed by atoms with Crippen LogP contribution < -0.4 is 5.73 Å². The molecule has 2 atom stereocenters. The first-order chi connectivity index (χ1) is 7.68. The number of ether oxygens (including phenoxy) is 1. The fraction of sp³-hybridized carbons (Fsp3) is 0.545. The van der Waals surface area contributed by atoms with Gasteiger partial charge in [0.2, 0.25) is 0 Å². The number of pyridine rings is 1. The van der Waals surface area contributed by atoms with E-state index in [2.05, 4.69) is 4.98 Å². The van der Waals surface area contributed by atoms with E-state index >= 15 is 0 Å². The van der Waals surface area contributed by atoms with Crippen molar-refractivity contribution in [3.8, 4) is 0 Å². The van der Waals surface area contributed by atoms with Crippen molar-refractivity contribution in [2.24, 2.45) is 11.7 Å². The lowest BCUT2D eigenvalue weighted by molar-refractivity contribution is 0.0442. The number of hydrogen-bond donors (Lipinski definition) is 1. The summed E-state index contributed by atoms with van der Waals surface area (Å²) in [5, 5.41) is 1.06. The molecule has 2 unspecified atom stereocenters. The van der Waals surface area contributed by atoms with Gasteiger partial charge in [-0.2, -0.15) is 0 Å². The zero-order chi connectivity index (χ0) is 11.5. The quantitative estimate of drug-likeness (QED) is 0.890. The van der Waals surface area contributed by atoms with Gasteiger partial charge < -0.3 is 10.5 Å². The molecule has 0 radical (unpaired) electrons. The lowest BCUT2D eigenvalue weighted by atomic mass is 9.92. The van der Waals surface area contributed by atoms with Gasteiger partial charge in [-0.3, -0.25) is 4.98 Å². The third-order valence-electron chi connectivity index (χ3n) is 2.86. The van der Waals surface area contributed by atoms with E-state index in [9.17, 15) is 0 Å². The van der Waals surface area contributed by atoms with Crippen molar-refractivity contribution in [3.05, 3.63) is 28.0 Å². The molecule has 2 N–H and O–H groups in total. The topological polar surface area (TPSA) is 48.1 Å². The van der Waals surface area contributed by atoms with Crippen LogP contribution in [0.1, 0.15) is 24.6 Å². The van der Waals surface area contributed by atoms with Crippen molar-refractivity contribution >= 4 is 23.2 Å². The molecule has 1 fully saturated rings. The number of nitrogens with zero attached hydrogens (tertiary/aromatic N) is 1. The Morgan fingerprint density at radius 1 is 1.50 bits per heavy atom. The Bertz CT molecular complexity index is 367. The second kappa shape index (κ2) is 5.32. The van der Waals surface area contributed by atoms with E-state index in [1.807, 2.05) is 0 Å². The van der Waals surface area contributed by atoms with Gasteiger partial charge >= 0.3 is 0 Å². The lowest BCUT2D eigenvalue weighted by Gasteiger charge is -2.27. The Hall–Kier alpha value is -0.350. The number of hydrogen-bond acceptors (Lipinski definition) is 3. The molecule has 0 bridgehead atoms. The van der Waals surface area contributed by atoms with Crippen molar-refractivity contribution in [3.63, 3.8) is 0 Å². The summed E-state index contributed by atoms with van der Waals surface area (Å²) in [5.41, 5.74) is 6.86. The van der Waals surface area contributed by atoms with Gasteiger partial charge in [0, 0.05) is 18.7 Å². The first-order valence-electron chi connectivity index (χ1n) is 5.32. The molecule has 0 aliphatic carbocycles. The maximum atomic E-state index is 6.15. The SMILES string of the molecule is NC(c1ncc(Cl)cc1Cl)C1CCCOC1. The highest BCUT2D eigenvalue weighted by atomic mass is 35.5. The van der Waals surface area contributed by atoms with Crippen LogP contribution in [0.5, 0.6) is 0 Å². The maximum absolute atomic E-state index is 6.15. The van der Waals surface area contributed by atoms with Crippen molar-refractivity contribution < 1.29 is 4.74 Å². The van der Waals surface area contributed by atoms with Crippen molar-refractivity contribution in [1.29, 1.82) is 0 Å². The standard InChI is InChI=1S/C11H14Cl2N2O/c12-8-4-9(13)11(15-5-8)10(14)7-2-1-3-16-6-7/h4-5,7,10H,1-3,6,14H2. The zero-order valence-corrected chi connectivity index (χ0v) is 10.3. The first-order valence-corrected chi connectivity index (χ1v) is 6.08. The highest BCUT2D eigenvalue weighted by molar-refractivity contribution is 6.34. The van der Waals surface area contributed by atoms with Gasteiger partial charge in [0.25, 0.3) is 0 Å². The molecule has 1 aromatic heterocycles. The molecule has 1 aliphatic rings. The van der Waals surface area contributed by atoms with E-state index in [0.29, 0.717) is 28.3 Å². The third-order valence-corrected chi connectivity index (χ3v) is 3.36. The molecular formula is C11H14Cl2N2O. The summed E-state index contributed by atoms with van der Waals surface area (Å²) in [5.74, 6) is 0.292. The van der Waals surface area contributed by atoms with Gasteiger partial charge in [-0.05, 0) is 18.9 Å². The monoisotopic (exact) mass is 260 g/mol. The molecule has 2 rings (SSSR count). The number of aromatic nitrogens is 1. The summed E-state index contributed by atoms with van der Waals surface area (Å²) in [4.78, 5) is 4.21. The number of rotatable bonds is 2. The highest BCUT2D eigenvalue weighted by Gasteiger charge is 2.25. The Labute approximate surface area is 105 Å². The average molecular weight is 261 g/mol. The molecule has 1 saturated heterocycles. The van der Waals surface area contributed by atoms with Gasteiger partial charge in [0.1, 0.15) is 0 Å². The Balaban J connectivity index is 2.15. The lowest BCUT2D eigenvalue weighted by Crippen LogP contribution is -2.29. The molecule has 0 amide bonds. The molecule has 2 heterocycles. The van der Waals surface area contributed by atoms with Gasteiger partial charge in [-0.15, -0.1) is 0 Å². The Kier molecular flexibility index (Phi) is 4.03. The summed E-state index contributed by atoms with van der Waals surface area (Å²) in [6.07, 6.45) is 3.68. The molecular weight excluding hydrogens is 247 g/mol. The normalized spacial score (nSPS) is 23.1. The van der Waals surface area contributed by atoms with Crippen LogP contribution in [0.2, 0.25) is 10.0 Å². The van der Waals surface area contributed by atoms with E-state index in [1.54, 1.807) is 12.3 Å². The third kappa shape index (κ3) is 2.66. The molecule has 88 valence electrons. The van der Waals surface area contributed by atoms with E-state index in [1.165, 1.54) is 0 Å². The second-order valence-corrected chi connectivity index (χ2v) is 4.87. The Morgan fingerprint density at radius 3 is 2.94 bits per heavy atom. The number of nitrogens with two attached hydrogens (primary N) is 1. The van der Waals surface area contributed by atoms with E-state index in [-0.39, 0.29) is 6.04 Å². The van der Waals surface area contributed by atoms with Crippen molar-refractivity contribution in [1.82, 2.24) is 4.98 Å². The zero-order valence-electron chi connectivity index (χ0n) is 8.83. The minimum Gasteiger partial charge on any atom is -0.381 e. The molecule has 1 aliphatic heterocycles. The van der Waals surface area contributed by atoms with Gasteiger partial charge in [0.05, 0.1) is 28.4 Å². The molecule has 0 aromatic carbocycles. The van der Waals surface area contributed by atoms with Crippen molar-refractivity contribution in [2.75, 3.05) is 13.2 Å². The van der Waals surface area contributed by atoms with Crippen LogP contribution in [-0.2, 0) is 4.74 Å². The first kappa shape index (κ1) is 12.1. The van der Waals surface area contributed by atoms with Crippen molar-refractivity contribution in [2.45, 2.75) is 18.9 Å². The summed E-state index contributed by atoms with van der Waals surface area (Å²) in [6, 6.07) is 1.50. The summed E-state index contributed by atoms with van der Waals surface area (Å²) < 4.78 is 5.41. The highest BCUT2D eigenvalue weighted by Crippen LogP contribution is 2.30. The fourth-order valence-electron chi connectivity index (χ4n) is 1.94. The predicted octanol–water partition coefficient (Wildman–Crippen LogP) is 2.81. The molecule has 16 heavy (non-hydrogen) atoms. The van der Waals surface area contributed by atoms with Crippen LogP contribution >= 0.6 is 23.2 Å². The van der Waals surface area contributed by atoms with E-state index in [4.69, 9.17) is 33.7 Å². The smallest absolute Gasteiger partial charge is 0.0761 e. The molecule has 1 aromatic rings. The predicted molar refractivity (Wildman–Crippen MR) is 64.7 cm³/mol. The van der Waals surface area contributed by atoms with E-state index in [0.717, 1.165) is 19.4 Å². The van der Waals surface area contributed by atoms with Gasteiger partial charge in [-0.1, -0.05) is 23.2 Å². The second-order valence-electron chi connectivity index (χ2n) is 4.02. The minimum absolute atomic E-state index is 0.176.